The van der Waals surface area contributed by atoms with Crippen LogP contribution >= 0.6 is 12.2 Å². The zero-order valence-electron chi connectivity index (χ0n) is 9.14. The zero-order valence-corrected chi connectivity index (χ0v) is 9.95. The topological polar surface area (TPSA) is 73.9 Å². The summed E-state index contributed by atoms with van der Waals surface area (Å²) in [5.74, 6) is 0.152. The minimum atomic E-state index is 0.0839. The highest BCUT2D eigenvalue weighted by molar-refractivity contribution is 7.80. The number of rotatable bonds is 3. The van der Waals surface area contributed by atoms with E-state index in [1.54, 1.807) is 12.1 Å². The number of thiocarbonyl (C=S) groups is 1. The maximum absolute atomic E-state index is 9.70. The summed E-state index contributed by atoms with van der Waals surface area (Å²) in [4.78, 5) is 1.90. The monoisotopic (exact) mass is 238 g/mol. The zero-order chi connectivity index (χ0) is 12.1. The quantitative estimate of drug-likeness (QED) is 0.409. The molecule has 1 rings (SSSR count). The minimum Gasteiger partial charge on any atom is -0.507 e. The van der Waals surface area contributed by atoms with Crippen molar-refractivity contribution in [1.82, 2.24) is 5.43 Å². The molecule has 0 saturated carbocycles. The maximum atomic E-state index is 9.70. The van der Waals surface area contributed by atoms with E-state index in [4.69, 9.17) is 5.73 Å². The number of nitrogens with two attached hydrogens (primary N) is 1. The van der Waals surface area contributed by atoms with Crippen LogP contribution in [0.2, 0.25) is 0 Å². The van der Waals surface area contributed by atoms with Gasteiger partial charge in [0.2, 0.25) is 0 Å². The molecule has 0 atom stereocenters. The number of nitrogens with one attached hydrogen (secondary N) is 1. The highest BCUT2D eigenvalue weighted by Crippen LogP contribution is 2.21. The summed E-state index contributed by atoms with van der Waals surface area (Å²) in [5, 5.41) is 13.5. The molecule has 0 aliphatic carbocycles. The van der Waals surface area contributed by atoms with E-state index in [1.807, 2.05) is 25.1 Å². The highest BCUT2D eigenvalue weighted by Gasteiger charge is 2.01. The summed E-state index contributed by atoms with van der Waals surface area (Å²) in [6.45, 7) is 0. The van der Waals surface area contributed by atoms with Gasteiger partial charge in [-0.2, -0.15) is 5.10 Å². The highest BCUT2D eigenvalue weighted by atomic mass is 32.1. The number of phenols is 1. The van der Waals surface area contributed by atoms with Gasteiger partial charge in [-0.25, -0.2) is 0 Å². The molecule has 1 aromatic rings. The lowest BCUT2D eigenvalue weighted by Crippen LogP contribution is -2.24. The normalized spacial score (nSPS) is 10.4. The molecule has 0 unspecified atom stereocenters. The van der Waals surface area contributed by atoms with Gasteiger partial charge in [0.05, 0.1) is 6.21 Å². The van der Waals surface area contributed by atoms with Crippen LogP contribution < -0.4 is 16.1 Å². The summed E-state index contributed by atoms with van der Waals surface area (Å²) >= 11 is 4.58. The van der Waals surface area contributed by atoms with Gasteiger partial charge in [0, 0.05) is 31.4 Å². The molecule has 0 saturated heterocycles. The van der Waals surface area contributed by atoms with Crippen molar-refractivity contribution in [3.8, 4) is 5.75 Å². The number of benzene rings is 1. The van der Waals surface area contributed by atoms with Crippen molar-refractivity contribution in [3.63, 3.8) is 0 Å². The van der Waals surface area contributed by atoms with Crippen LogP contribution in [0.1, 0.15) is 5.56 Å². The molecule has 5 nitrogen and oxygen atoms in total. The summed E-state index contributed by atoms with van der Waals surface area (Å²) in [6.07, 6.45) is 1.45. The van der Waals surface area contributed by atoms with Gasteiger partial charge in [-0.1, -0.05) is 0 Å². The van der Waals surface area contributed by atoms with Crippen LogP contribution in [0.3, 0.4) is 0 Å². The summed E-state index contributed by atoms with van der Waals surface area (Å²) in [5.41, 5.74) is 9.12. The lowest BCUT2D eigenvalue weighted by molar-refractivity contribution is 0.474. The second-order valence-electron chi connectivity index (χ2n) is 3.37. The third-order valence-electron chi connectivity index (χ3n) is 1.91. The van der Waals surface area contributed by atoms with Gasteiger partial charge in [0.15, 0.2) is 5.11 Å². The van der Waals surface area contributed by atoms with Crippen LogP contribution in [0.4, 0.5) is 5.69 Å². The average molecular weight is 238 g/mol. The lowest BCUT2D eigenvalue weighted by atomic mass is 10.2. The number of phenolic OH excluding ortho intramolecular Hbond substituents is 1. The molecule has 0 fully saturated rings. The molecule has 86 valence electrons. The molecule has 6 heteroatoms. The fourth-order valence-corrected chi connectivity index (χ4v) is 1.14. The Hall–Kier alpha value is -1.82. The van der Waals surface area contributed by atoms with E-state index in [0.29, 0.717) is 5.56 Å². The van der Waals surface area contributed by atoms with Gasteiger partial charge < -0.3 is 15.7 Å². The SMILES string of the molecule is CN(C)c1ccc(C=NNC(N)=S)c(O)c1. The lowest BCUT2D eigenvalue weighted by Gasteiger charge is -2.12. The minimum absolute atomic E-state index is 0.0839. The molecule has 4 N–H and O–H groups in total. The molecule has 0 heterocycles. The number of anilines is 1. The number of nitrogens with zero attached hydrogens (tertiary/aromatic N) is 2. The number of aromatic hydroxyl groups is 1. The molecule has 1 aromatic carbocycles. The Kier molecular flexibility index (Phi) is 4.07. The Morgan fingerprint density at radius 3 is 2.75 bits per heavy atom. The van der Waals surface area contributed by atoms with Gasteiger partial charge in [-0.05, 0) is 24.4 Å². The molecule has 0 radical (unpaired) electrons. The Labute approximate surface area is 99.6 Å². The van der Waals surface area contributed by atoms with Gasteiger partial charge >= 0.3 is 0 Å². The fraction of sp³-hybridized carbons (Fsp3) is 0.200. The van der Waals surface area contributed by atoms with Crippen LogP contribution in [0, 0.1) is 0 Å². The van der Waals surface area contributed by atoms with Crippen molar-refractivity contribution in [2.45, 2.75) is 0 Å². The van der Waals surface area contributed by atoms with E-state index in [2.05, 4.69) is 22.7 Å². The van der Waals surface area contributed by atoms with Crippen molar-refractivity contribution < 1.29 is 5.11 Å². The van der Waals surface area contributed by atoms with Crippen molar-refractivity contribution in [2.24, 2.45) is 10.8 Å². The first kappa shape index (κ1) is 12.3. The van der Waals surface area contributed by atoms with Crippen LogP contribution in [0.25, 0.3) is 0 Å². The van der Waals surface area contributed by atoms with Gasteiger partial charge in [-0.3, -0.25) is 5.43 Å². The van der Waals surface area contributed by atoms with Crippen molar-refractivity contribution >= 4 is 29.2 Å². The van der Waals surface area contributed by atoms with Gasteiger partial charge in [0.1, 0.15) is 5.75 Å². The summed E-state index contributed by atoms with van der Waals surface area (Å²) < 4.78 is 0. The van der Waals surface area contributed by atoms with Crippen LogP contribution in [0.15, 0.2) is 23.3 Å². The first-order valence-corrected chi connectivity index (χ1v) is 5.00. The molecule has 0 aliphatic rings. The van der Waals surface area contributed by atoms with Gasteiger partial charge in [-0.15, -0.1) is 0 Å². The fourth-order valence-electron chi connectivity index (χ4n) is 1.08. The van der Waals surface area contributed by atoms with E-state index < -0.39 is 0 Å². The molecular formula is C10H14N4OS. The van der Waals surface area contributed by atoms with E-state index in [0.717, 1.165) is 5.69 Å². The van der Waals surface area contributed by atoms with Crippen molar-refractivity contribution in [1.29, 1.82) is 0 Å². The standard InChI is InChI=1S/C10H14N4OS/c1-14(2)8-4-3-7(9(15)5-8)6-12-13-10(11)16/h3-6,15H,1-2H3,(H3,11,13,16). The maximum Gasteiger partial charge on any atom is 0.184 e. The molecular weight excluding hydrogens is 224 g/mol. The van der Waals surface area contributed by atoms with E-state index in [-0.39, 0.29) is 10.9 Å². The Balaban J connectivity index is 2.83. The van der Waals surface area contributed by atoms with E-state index in [1.165, 1.54) is 6.21 Å². The molecule has 0 spiro atoms. The number of hydrogen-bond donors (Lipinski definition) is 3. The molecule has 0 bridgehead atoms. The third-order valence-corrected chi connectivity index (χ3v) is 2.00. The first-order chi connectivity index (χ1) is 7.50. The predicted octanol–water partition coefficient (Wildman–Crippen LogP) is 0.625. The number of hydrogen-bond acceptors (Lipinski definition) is 4. The van der Waals surface area contributed by atoms with Crippen LogP contribution in [0.5, 0.6) is 5.75 Å². The van der Waals surface area contributed by atoms with E-state index in [9.17, 15) is 5.11 Å². The predicted molar refractivity (Wildman–Crippen MR) is 69.9 cm³/mol. The molecule has 16 heavy (non-hydrogen) atoms. The first-order valence-electron chi connectivity index (χ1n) is 4.59. The third kappa shape index (κ3) is 3.39. The van der Waals surface area contributed by atoms with Crippen LogP contribution in [-0.2, 0) is 0 Å². The molecule has 0 aliphatic heterocycles. The second kappa shape index (κ2) is 5.32. The summed E-state index contributed by atoms with van der Waals surface area (Å²) in [7, 11) is 3.80. The van der Waals surface area contributed by atoms with Crippen molar-refractivity contribution in [3.05, 3.63) is 23.8 Å². The molecule has 0 amide bonds. The second-order valence-corrected chi connectivity index (χ2v) is 3.81. The summed E-state index contributed by atoms with van der Waals surface area (Å²) in [6, 6.07) is 5.29. The Bertz CT molecular complexity index is 417. The largest absolute Gasteiger partial charge is 0.507 e. The van der Waals surface area contributed by atoms with Gasteiger partial charge in [0.25, 0.3) is 0 Å². The smallest absolute Gasteiger partial charge is 0.184 e. The van der Waals surface area contributed by atoms with Crippen LogP contribution in [-0.4, -0.2) is 30.5 Å². The number of hydrazone groups is 1. The Morgan fingerprint density at radius 1 is 1.56 bits per heavy atom. The van der Waals surface area contributed by atoms with E-state index >= 15 is 0 Å². The Morgan fingerprint density at radius 2 is 2.25 bits per heavy atom. The average Bonchev–Trinajstić information content (AvgIpc) is 2.19. The van der Waals surface area contributed by atoms with Crippen molar-refractivity contribution in [2.75, 3.05) is 19.0 Å². The molecule has 0 aromatic heterocycles.